The summed E-state index contributed by atoms with van der Waals surface area (Å²) in [6.07, 6.45) is 32.1. The Bertz CT molecular complexity index is 520. The standard InChI is InChI=1S/C34H67NO3/c1-5-7-9-11-13-14-16-17-21-26-32(36)27-22-19-20-24-29-33(28-23-18-15-12-10-8-6-2)38-34(37)30-25-31-35(3)4/h17,21,32-33,36H,5-16,18-20,22-31H2,1-4H3. The molecular weight excluding hydrogens is 470 g/mol. The Morgan fingerprint density at radius 1 is 0.684 bits per heavy atom. The predicted octanol–water partition coefficient (Wildman–Crippen LogP) is 9.78. The molecule has 0 aliphatic carbocycles. The first-order chi connectivity index (χ1) is 18.5. The topological polar surface area (TPSA) is 49.8 Å². The number of carbonyl (C=O) groups excluding carboxylic acids is 1. The molecule has 0 rings (SSSR count). The van der Waals surface area contributed by atoms with Crippen molar-refractivity contribution in [3.8, 4) is 0 Å². The summed E-state index contributed by atoms with van der Waals surface area (Å²) in [5.74, 6) is -0.0209. The summed E-state index contributed by atoms with van der Waals surface area (Å²) in [4.78, 5) is 14.5. The van der Waals surface area contributed by atoms with Crippen LogP contribution in [0.3, 0.4) is 0 Å². The molecule has 2 atom stereocenters. The molecule has 0 bridgehead atoms. The van der Waals surface area contributed by atoms with Gasteiger partial charge in [-0.05, 0) is 78.4 Å². The van der Waals surface area contributed by atoms with Crippen molar-refractivity contribution in [3.63, 3.8) is 0 Å². The molecule has 2 unspecified atom stereocenters. The van der Waals surface area contributed by atoms with Gasteiger partial charge in [-0.25, -0.2) is 0 Å². The van der Waals surface area contributed by atoms with Crippen LogP contribution in [0, 0.1) is 0 Å². The van der Waals surface area contributed by atoms with Gasteiger partial charge in [-0.1, -0.05) is 116 Å². The minimum absolute atomic E-state index is 0.0209. The third kappa shape index (κ3) is 28.1. The van der Waals surface area contributed by atoms with E-state index in [9.17, 15) is 9.90 Å². The van der Waals surface area contributed by atoms with Gasteiger partial charge in [0.1, 0.15) is 6.10 Å². The number of allylic oxidation sites excluding steroid dienone is 1. The lowest BCUT2D eigenvalue weighted by Gasteiger charge is -2.18. The quantitative estimate of drug-likeness (QED) is 0.0586. The Morgan fingerprint density at radius 2 is 1.18 bits per heavy atom. The van der Waals surface area contributed by atoms with E-state index < -0.39 is 0 Å². The zero-order valence-electron chi connectivity index (χ0n) is 26.2. The fourth-order valence-electron chi connectivity index (χ4n) is 5.01. The van der Waals surface area contributed by atoms with E-state index in [4.69, 9.17) is 4.74 Å². The second-order valence-corrected chi connectivity index (χ2v) is 11.8. The van der Waals surface area contributed by atoms with Crippen LogP contribution >= 0.6 is 0 Å². The van der Waals surface area contributed by atoms with Crippen LogP contribution in [0.1, 0.15) is 168 Å². The van der Waals surface area contributed by atoms with Gasteiger partial charge in [0.25, 0.3) is 0 Å². The van der Waals surface area contributed by atoms with E-state index in [1.165, 1.54) is 83.5 Å². The van der Waals surface area contributed by atoms with Crippen LogP contribution in [-0.4, -0.2) is 48.8 Å². The largest absolute Gasteiger partial charge is 0.462 e. The first kappa shape index (κ1) is 37.1. The molecule has 0 spiro atoms. The molecule has 0 aromatic carbocycles. The van der Waals surface area contributed by atoms with E-state index in [2.05, 4.69) is 30.9 Å². The lowest BCUT2D eigenvalue weighted by Crippen LogP contribution is -2.20. The lowest BCUT2D eigenvalue weighted by molar-refractivity contribution is -0.150. The van der Waals surface area contributed by atoms with Crippen LogP contribution in [0.5, 0.6) is 0 Å². The van der Waals surface area contributed by atoms with E-state index in [-0.39, 0.29) is 18.2 Å². The number of carbonyl (C=O) groups is 1. The van der Waals surface area contributed by atoms with Gasteiger partial charge >= 0.3 is 5.97 Å². The minimum Gasteiger partial charge on any atom is -0.462 e. The molecule has 1 N–H and O–H groups in total. The monoisotopic (exact) mass is 538 g/mol. The third-order valence-corrected chi connectivity index (χ3v) is 7.53. The van der Waals surface area contributed by atoms with Gasteiger partial charge in [-0.3, -0.25) is 4.79 Å². The SMILES string of the molecule is CCCCCCCCC=CCC(O)CCCCCCC(CCCCCCCCC)OC(=O)CCCN(C)C. The van der Waals surface area contributed by atoms with Gasteiger partial charge in [0.15, 0.2) is 0 Å². The van der Waals surface area contributed by atoms with Crippen molar-refractivity contribution >= 4 is 5.97 Å². The van der Waals surface area contributed by atoms with Crippen molar-refractivity contribution < 1.29 is 14.6 Å². The molecule has 0 heterocycles. The Morgan fingerprint density at radius 3 is 1.74 bits per heavy atom. The van der Waals surface area contributed by atoms with E-state index in [0.717, 1.165) is 70.8 Å². The van der Waals surface area contributed by atoms with Crippen LogP contribution in [0.15, 0.2) is 12.2 Å². The Kier molecular flexibility index (Phi) is 28.5. The van der Waals surface area contributed by atoms with Crippen LogP contribution < -0.4 is 0 Å². The molecule has 0 saturated heterocycles. The van der Waals surface area contributed by atoms with Gasteiger partial charge in [-0.15, -0.1) is 0 Å². The molecule has 0 saturated carbocycles. The molecule has 0 fully saturated rings. The van der Waals surface area contributed by atoms with Crippen LogP contribution in [-0.2, 0) is 9.53 Å². The van der Waals surface area contributed by atoms with Gasteiger partial charge < -0.3 is 14.7 Å². The average molecular weight is 538 g/mol. The number of ether oxygens (including phenoxy) is 1. The molecule has 0 aromatic heterocycles. The van der Waals surface area contributed by atoms with Crippen LogP contribution in [0.25, 0.3) is 0 Å². The molecule has 0 aliphatic rings. The molecular formula is C34H67NO3. The second kappa shape index (κ2) is 29.1. The minimum atomic E-state index is -0.205. The number of hydrogen-bond acceptors (Lipinski definition) is 4. The molecule has 4 nitrogen and oxygen atoms in total. The summed E-state index contributed by atoms with van der Waals surface area (Å²) in [5.41, 5.74) is 0. The van der Waals surface area contributed by atoms with Gasteiger partial charge in [-0.2, -0.15) is 0 Å². The van der Waals surface area contributed by atoms with Gasteiger partial charge in [0, 0.05) is 6.42 Å². The van der Waals surface area contributed by atoms with E-state index >= 15 is 0 Å². The van der Waals surface area contributed by atoms with Crippen LogP contribution in [0.4, 0.5) is 0 Å². The predicted molar refractivity (Wildman–Crippen MR) is 166 cm³/mol. The van der Waals surface area contributed by atoms with Crippen molar-refractivity contribution in [2.75, 3.05) is 20.6 Å². The van der Waals surface area contributed by atoms with Crippen molar-refractivity contribution in [3.05, 3.63) is 12.2 Å². The van der Waals surface area contributed by atoms with Crippen molar-refractivity contribution in [1.29, 1.82) is 0 Å². The smallest absolute Gasteiger partial charge is 0.306 e. The number of unbranched alkanes of at least 4 members (excludes halogenated alkanes) is 15. The maximum atomic E-state index is 12.4. The zero-order valence-corrected chi connectivity index (χ0v) is 26.2. The summed E-state index contributed by atoms with van der Waals surface area (Å²) < 4.78 is 5.91. The highest BCUT2D eigenvalue weighted by Crippen LogP contribution is 2.18. The highest BCUT2D eigenvalue weighted by molar-refractivity contribution is 5.69. The summed E-state index contributed by atoms with van der Waals surface area (Å²) in [6.45, 7) is 5.45. The maximum absolute atomic E-state index is 12.4. The van der Waals surface area contributed by atoms with Crippen molar-refractivity contribution in [2.24, 2.45) is 0 Å². The summed E-state index contributed by atoms with van der Waals surface area (Å²) in [7, 11) is 4.09. The molecule has 0 aromatic rings. The van der Waals surface area contributed by atoms with Gasteiger partial charge in [0.2, 0.25) is 0 Å². The summed E-state index contributed by atoms with van der Waals surface area (Å²) in [6, 6.07) is 0. The van der Waals surface area contributed by atoms with Gasteiger partial charge in [0.05, 0.1) is 6.10 Å². The van der Waals surface area contributed by atoms with Crippen molar-refractivity contribution in [1.82, 2.24) is 4.90 Å². The number of nitrogens with zero attached hydrogens (tertiary/aromatic N) is 1. The number of esters is 1. The Hall–Kier alpha value is -0.870. The van der Waals surface area contributed by atoms with E-state index in [0.29, 0.717) is 6.42 Å². The fourth-order valence-corrected chi connectivity index (χ4v) is 5.01. The first-order valence-electron chi connectivity index (χ1n) is 16.7. The molecule has 0 amide bonds. The number of rotatable bonds is 29. The number of aliphatic hydroxyl groups is 1. The van der Waals surface area contributed by atoms with E-state index in [1.807, 2.05) is 14.1 Å². The van der Waals surface area contributed by atoms with Crippen molar-refractivity contribution in [2.45, 2.75) is 180 Å². The highest BCUT2D eigenvalue weighted by atomic mass is 16.5. The summed E-state index contributed by atoms with van der Waals surface area (Å²) in [5, 5.41) is 10.3. The maximum Gasteiger partial charge on any atom is 0.306 e. The molecule has 4 heteroatoms. The second-order valence-electron chi connectivity index (χ2n) is 11.8. The molecule has 0 aliphatic heterocycles. The molecule has 38 heavy (non-hydrogen) atoms. The Balaban J connectivity index is 4.01. The Labute approximate surface area is 238 Å². The highest BCUT2D eigenvalue weighted by Gasteiger charge is 2.14. The summed E-state index contributed by atoms with van der Waals surface area (Å²) >= 11 is 0. The number of hydrogen-bond donors (Lipinski definition) is 1. The third-order valence-electron chi connectivity index (χ3n) is 7.53. The first-order valence-corrected chi connectivity index (χ1v) is 16.7. The molecule has 0 radical (unpaired) electrons. The van der Waals surface area contributed by atoms with Crippen LogP contribution in [0.2, 0.25) is 0 Å². The fraction of sp³-hybridized carbons (Fsp3) is 0.912. The average Bonchev–Trinajstić information content (AvgIpc) is 2.88. The number of aliphatic hydroxyl groups excluding tert-OH is 1. The zero-order chi connectivity index (χ0) is 28.1. The van der Waals surface area contributed by atoms with E-state index in [1.54, 1.807) is 0 Å². The molecule has 226 valence electrons. The normalized spacial score (nSPS) is 13.4. The lowest BCUT2D eigenvalue weighted by atomic mass is 10.0.